The topological polar surface area (TPSA) is 55.1 Å². The number of benzene rings is 1. The SMILES string of the molecule is Cc1ccc(C#CCN)cc1NC(=O)C1CCC(C)CC1. The molecule has 3 heteroatoms. The maximum Gasteiger partial charge on any atom is 0.227 e. The smallest absolute Gasteiger partial charge is 0.227 e. The Kier molecular flexibility index (Phi) is 5.41. The average molecular weight is 284 g/mol. The summed E-state index contributed by atoms with van der Waals surface area (Å²) in [5.41, 5.74) is 8.20. The van der Waals surface area contributed by atoms with Crippen molar-refractivity contribution in [3.63, 3.8) is 0 Å². The summed E-state index contributed by atoms with van der Waals surface area (Å²) in [6.07, 6.45) is 4.30. The zero-order valence-electron chi connectivity index (χ0n) is 12.9. The van der Waals surface area contributed by atoms with E-state index in [1.807, 2.05) is 25.1 Å². The fourth-order valence-corrected chi connectivity index (χ4v) is 2.74. The third-order valence-electron chi connectivity index (χ3n) is 4.22. The lowest BCUT2D eigenvalue weighted by molar-refractivity contribution is -0.121. The average Bonchev–Trinajstić information content (AvgIpc) is 2.48. The summed E-state index contributed by atoms with van der Waals surface area (Å²) >= 11 is 0. The Morgan fingerprint density at radius 2 is 2.05 bits per heavy atom. The molecule has 0 aromatic heterocycles. The lowest BCUT2D eigenvalue weighted by Crippen LogP contribution is -2.26. The van der Waals surface area contributed by atoms with Crippen LogP contribution in [-0.4, -0.2) is 12.5 Å². The Balaban J connectivity index is 2.06. The monoisotopic (exact) mass is 284 g/mol. The number of nitrogens with two attached hydrogens (primary N) is 1. The van der Waals surface area contributed by atoms with Crippen molar-refractivity contribution in [2.24, 2.45) is 17.6 Å². The van der Waals surface area contributed by atoms with Crippen LogP contribution in [0.2, 0.25) is 0 Å². The molecule has 1 aliphatic rings. The van der Waals surface area contributed by atoms with Gasteiger partial charge in [-0.2, -0.15) is 0 Å². The molecule has 0 spiro atoms. The Bertz CT molecular complexity index is 560. The van der Waals surface area contributed by atoms with Crippen molar-refractivity contribution in [3.8, 4) is 11.8 Å². The molecule has 0 heterocycles. The zero-order valence-corrected chi connectivity index (χ0v) is 12.9. The molecule has 1 saturated carbocycles. The third kappa shape index (κ3) is 4.34. The van der Waals surface area contributed by atoms with E-state index in [0.29, 0.717) is 6.54 Å². The lowest BCUT2D eigenvalue weighted by atomic mass is 9.82. The number of hydrogen-bond acceptors (Lipinski definition) is 2. The van der Waals surface area contributed by atoms with E-state index in [0.717, 1.165) is 48.4 Å². The van der Waals surface area contributed by atoms with Crippen LogP contribution < -0.4 is 11.1 Å². The van der Waals surface area contributed by atoms with Crippen LogP contribution in [0.15, 0.2) is 18.2 Å². The number of aryl methyl sites for hydroxylation is 1. The molecule has 1 amide bonds. The second-order valence-electron chi connectivity index (χ2n) is 5.98. The molecule has 0 unspecified atom stereocenters. The van der Waals surface area contributed by atoms with Gasteiger partial charge < -0.3 is 11.1 Å². The molecular formula is C18H24N2O. The standard InChI is InChI=1S/C18H24N2O/c1-13-5-9-16(10-6-13)18(21)20-17-12-15(4-3-11-19)8-7-14(17)2/h7-8,12-13,16H,5-6,9-11,19H2,1-2H3,(H,20,21). The second kappa shape index (κ2) is 7.28. The number of anilines is 1. The minimum atomic E-state index is 0.147. The van der Waals surface area contributed by atoms with Gasteiger partial charge in [0.1, 0.15) is 0 Å². The largest absolute Gasteiger partial charge is 0.326 e. The van der Waals surface area contributed by atoms with E-state index >= 15 is 0 Å². The highest BCUT2D eigenvalue weighted by Crippen LogP contribution is 2.29. The van der Waals surface area contributed by atoms with Gasteiger partial charge in [0, 0.05) is 17.2 Å². The second-order valence-corrected chi connectivity index (χ2v) is 5.98. The Labute approximate surface area is 127 Å². The number of carbonyl (C=O) groups excluding carboxylic acids is 1. The van der Waals surface area contributed by atoms with E-state index in [-0.39, 0.29) is 11.8 Å². The van der Waals surface area contributed by atoms with E-state index in [2.05, 4.69) is 24.1 Å². The molecule has 1 aromatic carbocycles. The summed E-state index contributed by atoms with van der Waals surface area (Å²) in [7, 11) is 0. The van der Waals surface area contributed by atoms with Gasteiger partial charge in [-0.05, 0) is 56.2 Å². The molecule has 1 fully saturated rings. The normalized spacial score (nSPS) is 21.3. The maximum absolute atomic E-state index is 12.4. The van der Waals surface area contributed by atoms with Crippen LogP contribution in [0.3, 0.4) is 0 Å². The summed E-state index contributed by atoms with van der Waals surface area (Å²) < 4.78 is 0. The van der Waals surface area contributed by atoms with Crippen LogP contribution >= 0.6 is 0 Å². The van der Waals surface area contributed by atoms with Crippen molar-refractivity contribution in [2.45, 2.75) is 39.5 Å². The Morgan fingerprint density at radius 3 is 2.71 bits per heavy atom. The minimum Gasteiger partial charge on any atom is -0.326 e. The first-order valence-electron chi connectivity index (χ1n) is 7.70. The van der Waals surface area contributed by atoms with Crippen molar-refractivity contribution in [1.82, 2.24) is 0 Å². The summed E-state index contributed by atoms with van der Waals surface area (Å²) in [4.78, 5) is 12.4. The molecule has 2 rings (SSSR count). The molecule has 1 aromatic rings. The number of carbonyl (C=O) groups is 1. The molecule has 0 radical (unpaired) electrons. The van der Waals surface area contributed by atoms with E-state index in [1.165, 1.54) is 0 Å². The van der Waals surface area contributed by atoms with Gasteiger partial charge in [-0.15, -0.1) is 0 Å². The van der Waals surface area contributed by atoms with E-state index in [1.54, 1.807) is 0 Å². The quantitative estimate of drug-likeness (QED) is 0.820. The van der Waals surface area contributed by atoms with E-state index in [4.69, 9.17) is 5.73 Å². The highest BCUT2D eigenvalue weighted by Gasteiger charge is 2.24. The zero-order chi connectivity index (χ0) is 15.2. The first-order valence-corrected chi connectivity index (χ1v) is 7.70. The van der Waals surface area contributed by atoms with Gasteiger partial charge in [-0.1, -0.05) is 24.8 Å². The van der Waals surface area contributed by atoms with Crippen molar-refractivity contribution >= 4 is 11.6 Å². The first kappa shape index (κ1) is 15.6. The number of nitrogens with one attached hydrogen (secondary N) is 1. The molecule has 21 heavy (non-hydrogen) atoms. The van der Waals surface area contributed by atoms with Gasteiger partial charge >= 0.3 is 0 Å². The number of amides is 1. The summed E-state index contributed by atoms with van der Waals surface area (Å²) in [5.74, 6) is 6.90. The summed E-state index contributed by atoms with van der Waals surface area (Å²) in [6, 6.07) is 5.87. The van der Waals surface area contributed by atoms with Crippen LogP contribution in [-0.2, 0) is 4.79 Å². The maximum atomic E-state index is 12.4. The van der Waals surface area contributed by atoms with Crippen molar-refractivity contribution in [3.05, 3.63) is 29.3 Å². The van der Waals surface area contributed by atoms with E-state index < -0.39 is 0 Å². The van der Waals surface area contributed by atoms with Crippen LogP contribution in [0, 0.1) is 30.6 Å². The van der Waals surface area contributed by atoms with Gasteiger partial charge in [-0.25, -0.2) is 0 Å². The Morgan fingerprint density at radius 1 is 1.33 bits per heavy atom. The number of rotatable bonds is 2. The van der Waals surface area contributed by atoms with Crippen LogP contribution in [0.25, 0.3) is 0 Å². The molecule has 0 aliphatic heterocycles. The molecule has 1 aliphatic carbocycles. The predicted octanol–water partition coefficient (Wildman–Crippen LogP) is 3.07. The molecular weight excluding hydrogens is 260 g/mol. The highest BCUT2D eigenvalue weighted by atomic mass is 16.1. The van der Waals surface area contributed by atoms with Crippen LogP contribution in [0.1, 0.15) is 43.7 Å². The van der Waals surface area contributed by atoms with E-state index in [9.17, 15) is 4.79 Å². The molecule has 0 atom stereocenters. The lowest BCUT2D eigenvalue weighted by Gasteiger charge is -2.25. The molecule has 3 N–H and O–H groups in total. The predicted molar refractivity (Wildman–Crippen MR) is 86.9 cm³/mol. The first-order chi connectivity index (χ1) is 10.1. The van der Waals surface area contributed by atoms with Crippen molar-refractivity contribution in [1.29, 1.82) is 0 Å². The minimum absolute atomic E-state index is 0.147. The summed E-state index contributed by atoms with van der Waals surface area (Å²) in [6.45, 7) is 4.60. The summed E-state index contributed by atoms with van der Waals surface area (Å²) in [5, 5.41) is 3.07. The van der Waals surface area contributed by atoms with Gasteiger partial charge in [0.25, 0.3) is 0 Å². The van der Waals surface area contributed by atoms with Crippen molar-refractivity contribution in [2.75, 3.05) is 11.9 Å². The molecule has 0 saturated heterocycles. The van der Waals surface area contributed by atoms with Crippen molar-refractivity contribution < 1.29 is 4.79 Å². The fraction of sp³-hybridized carbons (Fsp3) is 0.500. The molecule has 112 valence electrons. The van der Waals surface area contributed by atoms with Crippen LogP contribution in [0.4, 0.5) is 5.69 Å². The molecule has 3 nitrogen and oxygen atoms in total. The van der Waals surface area contributed by atoms with Gasteiger partial charge in [0.15, 0.2) is 0 Å². The Hall–Kier alpha value is -1.79. The van der Waals surface area contributed by atoms with Gasteiger partial charge in [-0.3, -0.25) is 4.79 Å². The third-order valence-corrected chi connectivity index (χ3v) is 4.22. The van der Waals surface area contributed by atoms with Gasteiger partial charge in [0.05, 0.1) is 6.54 Å². The highest BCUT2D eigenvalue weighted by molar-refractivity contribution is 5.93. The fourth-order valence-electron chi connectivity index (χ4n) is 2.74. The number of hydrogen-bond donors (Lipinski definition) is 2. The van der Waals surface area contributed by atoms with Crippen LogP contribution in [0.5, 0.6) is 0 Å². The van der Waals surface area contributed by atoms with Gasteiger partial charge in [0.2, 0.25) is 5.91 Å². The molecule has 0 bridgehead atoms.